The number of aliphatic hydroxyl groups excluding tert-OH is 1. The molecule has 3 rings (SSSR count). The van der Waals surface area contributed by atoms with Crippen molar-refractivity contribution in [3.8, 4) is 5.75 Å². The molecule has 0 saturated carbocycles. The maximum Gasteiger partial charge on any atom is 0.271 e. The number of thioether (sulfide) groups is 1. The number of aryl methyl sites for hydroxylation is 1. The molecule has 0 spiro atoms. The molecule has 1 heterocycles. The first kappa shape index (κ1) is 23.1. The molecule has 0 unspecified atom stereocenters. The summed E-state index contributed by atoms with van der Waals surface area (Å²) >= 11 is 7.60. The number of aliphatic hydroxyl groups is 1. The molecule has 1 fully saturated rings. The van der Waals surface area contributed by atoms with Crippen LogP contribution in [0.5, 0.6) is 5.75 Å². The second-order valence-electron chi connectivity index (χ2n) is 6.88. The molecule has 31 heavy (non-hydrogen) atoms. The van der Waals surface area contributed by atoms with Crippen LogP contribution in [0.1, 0.15) is 24.5 Å². The number of aliphatic imine (C=N–C) groups is 1. The topological polar surface area (TPSA) is 79.2 Å². The van der Waals surface area contributed by atoms with E-state index < -0.39 is 12.4 Å². The van der Waals surface area contributed by atoms with Gasteiger partial charge >= 0.3 is 0 Å². The quantitative estimate of drug-likeness (QED) is 0.590. The lowest BCUT2D eigenvalue weighted by atomic mass is 10.1. The number of ether oxygens (including phenoxy) is 1. The van der Waals surface area contributed by atoms with Gasteiger partial charge in [-0.15, -0.1) is 0 Å². The van der Waals surface area contributed by atoms with E-state index >= 15 is 0 Å². The first-order chi connectivity index (χ1) is 14.9. The summed E-state index contributed by atoms with van der Waals surface area (Å²) in [7, 11) is 0. The Hall–Kier alpha value is -2.61. The predicted molar refractivity (Wildman–Crippen MR) is 126 cm³/mol. The van der Waals surface area contributed by atoms with E-state index in [0.29, 0.717) is 27.4 Å². The molecule has 2 aromatic carbocycles. The summed E-state index contributed by atoms with van der Waals surface area (Å²) in [4.78, 5) is 31.3. The number of halogens is 1. The van der Waals surface area contributed by atoms with Crippen LogP contribution in [0.25, 0.3) is 6.08 Å². The average Bonchev–Trinajstić information content (AvgIpc) is 3.06. The Bertz CT molecular complexity index is 1050. The second kappa shape index (κ2) is 10.6. The number of nitrogens with zero attached hydrogens (tertiary/aromatic N) is 2. The molecule has 1 aliphatic heterocycles. The highest BCUT2D eigenvalue weighted by Crippen LogP contribution is 2.38. The van der Waals surface area contributed by atoms with Gasteiger partial charge in [0.25, 0.3) is 5.91 Å². The third-order valence-electron chi connectivity index (χ3n) is 4.45. The van der Waals surface area contributed by atoms with E-state index in [1.807, 2.05) is 38.1 Å². The maximum absolute atomic E-state index is 13.2. The van der Waals surface area contributed by atoms with Crippen molar-refractivity contribution < 1.29 is 19.4 Å². The van der Waals surface area contributed by atoms with Crippen LogP contribution in [0, 0.1) is 6.92 Å². The number of ketones is 1. The summed E-state index contributed by atoms with van der Waals surface area (Å²) in [5.41, 5.74) is 2.53. The van der Waals surface area contributed by atoms with Crippen LogP contribution in [0.3, 0.4) is 0 Å². The number of amidine groups is 1. The van der Waals surface area contributed by atoms with Crippen molar-refractivity contribution in [2.75, 3.05) is 24.7 Å². The standard InChI is InChI=1S/C23H23ClN2O4S/c1-3-10-25-23-26(19-7-5-4-6-15(19)2)22(29)21(31-23)12-16-8-9-20(18(24)11-16)30-14-17(28)13-27/h4-9,11-12,27H,3,10,13-14H2,1-2H3/b21-12-,25-23+. The molecule has 0 atom stereocenters. The average molecular weight is 459 g/mol. The molecule has 1 aliphatic rings. The molecule has 0 bridgehead atoms. The van der Waals surface area contributed by atoms with Crippen LogP contribution in [0.15, 0.2) is 52.4 Å². The van der Waals surface area contributed by atoms with Gasteiger partial charge in [0.05, 0.1) is 15.6 Å². The summed E-state index contributed by atoms with van der Waals surface area (Å²) in [5.74, 6) is -0.243. The number of hydrogen-bond acceptors (Lipinski definition) is 6. The molecule has 1 N–H and O–H groups in total. The van der Waals surface area contributed by atoms with Gasteiger partial charge in [0, 0.05) is 6.54 Å². The third kappa shape index (κ3) is 5.55. The fourth-order valence-corrected chi connectivity index (χ4v) is 4.13. The van der Waals surface area contributed by atoms with E-state index in [9.17, 15) is 9.59 Å². The van der Waals surface area contributed by atoms with Crippen molar-refractivity contribution in [3.63, 3.8) is 0 Å². The molecule has 0 aliphatic carbocycles. The van der Waals surface area contributed by atoms with Gasteiger partial charge in [-0.25, -0.2) is 0 Å². The number of benzene rings is 2. The molecule has 2 aromatic rings. The second-order valence-corrected chi connectivity index (χ2v) is 8.29. The van der Waals surface area contributed by atoms with Gasteiger partial charge in [-0.05, 0) is 60.5 Å². The summed E-state index contributed by atoms with van der Waals surface area (Å²) < 4.78 is 5.32. The smallest absolute Gasteiger partial charge is 0.271 e. The third-order valence-corrected chi connectivity index (χ3v) is 5.75. The SMILES string of the molecule is CCC/N=C1/S/C(=C\c2ccc(OCC(=O)CO)c(Cl)c2)C(=O)N1c1ccccc1C. The Kier molecular flexibility index (Phi) is 7.90. The van der Waals surface area contributed by atoms with Gasteiger partial charge in [-0.3, -0.25) is 19.5 Å². The highest BCUT2D eigenvalue weighted by molar-refractivity contribution is 8.19. The number of amides is 1. The van der Waals surface area contributed by atoms with Crippen molar-refractivity contribution in [2.24, 2.45) is 4.99 Å². The van der Waals surface area contributed by atoms with Gasteiger partial charge in [0.2, 0.25) is 0 Å². The van der Waals surface area contributed by atoms with Crippen LogP contribution >= 0.6 is 23.4 Å². The van der Waals surface area contributed by atoms with E-state index in [2.05, 4.69) is 4.99 Å². The van der Waals surface area contributed by atoms with E-state index in [1.165, 1.54) is 11.8 Å². The van der Waals surface area contributed by atoms with Gasteiger partial charge in [0.15, 0.2) is 11.0 Å². The number of anilines is 1. The van der Waals surface area contributed by atoms with Crippen LogP contribution in [0.4, 0.5) is 5.69 Å². The molecular formula is C23H23ClN2O4S. The Morgan fingerprint density at radius 1 is 1.29 bits per heavy atom. The zero-order valence-corrected chi connectivity index (χ0v) is 18.9. The number of carbonyl (C=O) groups excluding carboxylic acids is 2. The molecule has 0 radical (unpaired) electrons. The molecule has 6 nitrogen and oxygen atoms in total. The summed E-state index contributed by atoms with van der Waals surface area (Å²) in [6, 6.07) is 12.8. The molecule has 1 amide bonds. The number of Topliss-reactive ketones (excluding diaryl/α,β-unsaturated/α-hetero) is 1. The lowest BCUT2D eigenvalue weighted by Gasteiger charge is -2.17. The normalized spacial score (nSPS) is 16.4. The van der Waals surface area contributed by atoms with Crippen LogP contribution in [0.2, 0.25) is 5.02 Å². The molecule has 0 aromatic heterocycles. The van der Waals surface area contributed by atoms with Gasteiger partial charge in [-0.1, -0.05) is 42.8 Å². The fraction of sp³-hybridized carbons (Fsp3) is 0.261. The largest absolute Gasteiger partial charge is 0.484 e. The van der Waals surface area contributed by atoms with Crippen LogP contribution < -0.4 is 9.64 Å². The predicted octanol–water partition coefficient (Wildman–Crippen LogP) is 4.48. The Labute approximate surface area is 190 Å². The lowest BCUT2D eigenvalue weighted by Crippen LogP contribution is -2.29. The number of rotatable bonds is 8. The van der Waals surface area contributed by atoms with Crippen molar-refractivity contribution in [1.82, 2.24) is 0 Å². The van der Waals surface area contributed by atoms with E-state index in [4.69, 9.17) is 21.4 Å². The first-order valence-electron chi connectivity index (χ1n) is 9.83. The number of hydrogen-bond donors (Lipinski definition) is 1. The minimum atomic E-state index is -0.583. The highest BCUT2D eigenvalue weighted by atomic mass is 35.5. The first-order valence-corrected chi connectivity index (χ1v) is 11.0. The van der Waals surface area contributed by atoms with E-state index in [0.717, 1.165) is 23.2 Å². The van der Waals surface area contributed by atoms with Crippen LogP contribution in [-0.4, -0.2) is 41.7 Å². The Morgan fingerprint density at radius 2 is 2.06 bits per heavy atom. The highest BCUT2D eigenvalue weighted by Gasteiger charge is 2.35. The minimum absolute atomic E-state index is 0.140. The van der Waals surface area contributed by atoms with Crippen molar-refractivity contribution in [3.05, 3.63) is 63.5 Å². The summed E-state index contributed by atoms with van der Waals surface area (Å²) in [6.45, 7) is 3.80. The van der Waals surface area contributed by atoms with E-state index in [-0.39, 0.29) is 12.5 Å². The van der Waals surface area contributed by atoms with Gasteiger partial charge in [-0.2, -0.15) is 0 Å². The van der Waals surface area contributed by atoms with E-state index in [1.54, 1.807) is 29.2 Å². The van der Waals surface area contributed by atoms with Crippen LogP contribution in [-0.2, 0) is 9.59 Å². The number of para-hydroxylation sites is 1. The molecule has 8 heteroatoms. The monoisotopic (exact) mass is 458 g/mol. The minimum Gasteiger partial charge on any atom is -0.484 e. The summed E-state index contributed by atoms with van der Waals surface area (Å²) in [6.07, 6.45) is 2.65. The van der Waals surface area contributed by atoms with Crippen molar-refractivity contribution in [2.45, 2.75) is 20.3 Å². The van der Waals surface area contributed by atoms with Crippen molar-refractivity contribution in [1.29, 1.82) is 0 Å². The van der Waals surface area contributed by atoms with Gasteiger partial charge < -0.3 is 9.84 Å². The molecular weight excluding hydrogens is 436 g/mol. The zero-order chi connectivity index (χ0) is 22.4. The van der Waals surface area contributed by atoms with Crippen molar-refractivity contribution >= 4 is 52.0 Å². The summed E-state index contributed by atoms with van der Waals surface area (Å²) in [5, 5.41) is 9.75. The lowest BCUT2D eigenvalue weighted by molar-refractivity contribution is -0.123. The van der Waals surface area contributed by atoms with Gasteiger partial charge in [0.1, 0.15) is 19.0 Å². The molecule has 1 saturated heterocycles. The maximum atomic E-state index is 13.2. The number of carbonyl (C=O) groups is 2. The molecule has 162 valence electrons. The Morgan fingerprint density at radius 3 is 2.74 bits per heavy atom. The fourth-order valence-electron chi connectivity index (χ4n) is 2.89. The zero-order valence-electron chi connectivity index (χ0n) is 17.3. The Balaban J connectivity index is 1.88.